The largest absolute Gasteiger partial charge is 0.310 e. The first kappa shape index (κ1) is 20.7. The van der Waals surface area contributed by atoms with E-state index in [1.54, 1.807) is 4.68 Å². The molecule has 8 heteroatoms. The van der Waals surface area contributed by atoms with Crippen molar-refractivity contribution in [2.45, 2.75) is 69.3 Å². The van der Waals surface area contributed by atoms with Crippen molar-refractivity contribution in [1.82, 2.24) is 24.5 Å². The number of rotatable bonds is 6. The van der Waals surface area contributed by atoms with Gasteiger partial charge in [0, 0.05) is 17.5 Å². The molecule has 1 aliphatic rings. The van der Waals surface area contributed by atoms with Gasteiger partial charge in [0.2, 0.25) is 5.91 Å². The highest BCUT2D eigenvalue weighted by Gasteiger charge is 2.30. The minimum absolute atomic E-state index is 0.0828. The number of nitrogens with zero attached hydrogens (tertiary/aromatic N) is 5. The fourth-order valence-corrected chi connectivity index (χ4v) is 4.19. The summed E-state index contributed by atoms with van der Waals surface area (Å²) in [5.74, 6) is 1.49. The van der Waals surface area contributed by atoms with E-state index in [1.807, 2.05) is 50.2 Å². The Bertz CT molecular complexity index is 1050. The number of anilines is 1. The average molecular weight is 425 g/mol. The van der Waals surface area contributed by atoms with E-state index in [9.17, 15) is 4.79 Å². The van der Waals surface area contributed by atoms with Crippen LogP contribution in [0, 0.1) is 6.92 Å². The molecule has 2 heterocycles. The number of aryl methyl sites for hydroxylation is 1. The predicted molar refractivity (Wildman–Crippen MR) is 119 cm³/mol. The molecule has 0 saturated heterocycles. The van der Waals surface area contributed by atoms with Gasteiger partial charge in [0.15, 0.2) is 5.16 Å². The summed E-state index contributed by atoms with van der Waals surface area (Å²) in [5, 5.41) is 16.8. The van der Waals surface area contributed by atoms with Gasteiger partial charge in [-0.25, -0.2) is 4.68 Å². The van der Waals surface area contributed by atoms with E-state index < -0.39 is 0 Å². The molecule has 1 fully saturated rings. The van der Waals surface area contributed by atoms with Crippen LogP contribution in [0.1, 0.15) is 58.1 Å². The van der Waals surface area contributed by atoms with Crippen LogP contribution in [-0.2, 0) is 10.2 Å². The van der Waals surface area contributed by atoms with E-state index in [1.165, 1.54) is 11.8 Å². The van der Waals surface area contributed by atoms with Gasteiger partial charge in [-0.3, -0.25) is 4.79 Å². The number of carbonyl (C=O) groups is 1. The van der Waals surface area contributed by atoms with Crippen molar-refractivity contribution < 1.29 is 4.79 Å². The molecule has 3 aromatic rings. The summed E-state index contributed by atoms with van der Waals surface area (Å²) >= 11 is 1.45. The van der Waals surface area contributed by atoms with Gasteiger partial charge in [-0.1, -0.05) is 50.7 Å². The molecule has 30 heavy (non-hydrogen) atoms. The van der Waals surface area contributed by atoms with Gasteiger partial charge in [0.25, 0.3) is 0 Å². The first-order valence-corrected chi connectivity index (χ1v) is 11.2. The Morgan fingerprint density at radius 1 is 1.20 bits per heavy atom. The van der Waals surface area contributed by atoms with E-state index in [0.29, 0.717) is 11.9 Å². The Morgan fingerprint density at radius 2 is 1.90 bits per heavy atom. The van der Waals surface area contributed by atoms with E-state index in [4.69, 9.17) is 5.10 Å². The molecule has 7 nitrogen and oxygen atoms in total. The van der Waals surface area contributed by atoms with Crippen molar-refractivity contribution >= 4 is 23.5 Å². The first-order chi connectivity index (χ1) is 14.2. The molecule has 1 saturated carbocycles. The molecule has 1 atom stereocenters. The summed E-state index contributed by atoms with van der Waals surface area (Å²) in [7, 11) is 0. The van der Waals surface area contributed by atoms with Crippen LogP contribution < -0.4 is 5.32 Å². The molecule has 2 aromatic heterocycles. The lowest BCUT2D eigenvalue weighted by molar-refractivity contribution is -0.115. The van der Waals surface area contributed by atoms with Gasteiger partial charge in [0.1, 0.15) is 11.6 Å². The number of para-hydroxylation sites is 1. The van der Waals surface area contributed by atoms with Crippen molar-refractivity contribution in [3.63, 3.8) is 0 Å². The monoisotopic (exact) mass is 424 g/mol. The number of benzene rings is 1. The summed E-state index contributed by atoms with van der Waals surface area (Å²) in [6.45, 7) is 10.2. The number of amides is 1. The molecule has 1 amide bonds. The minimum Gasteiger partial charge on any atom is -0.310 e. The predicted octanol–water partition coefficient (Wildman–Crippen LogP) is 4.52. The maximum atomic E-state index is 13.0. The summed E-state index contributed by atoms with van der Waals surface area (Å²) in [4.78, 5) is 13.0. The van der Waals surface area contributed by atoms with Crippen LogP contribution in [0.15, 0.2) is 41.6 Å². The second-order valence-electron chi connectivity index (χ2n) is 8.79. The molecular formula is C22H28N6OS. The zero-order valence-corrected chi connectivity index (χ0v) is 18.9. The molecule has 0 spiro atoms. The third kappa shape index (κ3) is 4.28. The van der Waals surface area contributed by atoms with Crippen LogP contribution >= 0.6 is 11.8 Å². The maximum Gasteiger partial charge on any atom is 0.238 e. The second kappa shape index (κ2) is 7.91. The van der Waals surface area contributed by atoms with Gasteiger partial charge in [0.05, 0.1) is 16.6 Å². The summed E-state index contributed by atoms with van der Waals surface area (Å²) in [6.07, 6.45) is 2.30. The fraction of sp³-hybridized carbons (Fsp3) is 0.455. The molecule has 0 unspecified atom stereocenters. The molecular weight excluding hydrogens is 396 g/mol. The highest BCUT2D eigenvalue weighted by molar-refractivity contribution is 8.00. The summed E-state index contributed by atoms with van der Waals surface area (Å²) < 4.78 is 3.95. The lowest BCUT2D eigenvalue weighted by Gasteiger charge is -2.14. The lowest BCUT2D eigenvalue weighted by Crippen LogP contribution is -2.24. The van der Waals surface area contributed by atoms with Crippen molar-refractivity contribution in [1.29, 1.82) is 0 Å². The number of carbonyl (C=O) groups excluding carboxylic acids is 1. The van der Waals surface area contributed by atoms with Crippen LogP contribution in [-0.4, -0.2) is 35.7 Å². The smallest absolute Gasteiger partial charge is 0.238 e. The molecule has 1 aromatic carbocycles. The van der Waals surface area contributed by atoms with Crippen LogP contribution in [0.4, 0.5) is 5.82 Å². The molecule has 1 aliphatic carbocycles. The Morgan fingerprint density at radius 3 is 2.53 bits per heavy atom. The second-order valence-corrected chi connectivity index (χ2v) is 10.1. The van der Waals surface area contributed by atoms with E-state index in [0.717, 1.165) is 35.2 Å². The zero-order valence-electron chi connectivity index (χ0n) is 18.1. The van der Waals surface area contributed by atoms with Crippen molar-refractivity contribution in [3.05, 3.63) is 47.9 Å². The molecule has 0 aliphatic heterocycles. The molecule has 158 valence electrons. The normalized spacial score (nSPS) is 15.2. The number of aromatic nitrogens is 5. The summed E-state index contributed by atoms with van der Waals surface area (Å²) in [5.41, 5.74) is 1.71. The third-order valence-corrected chi connectivity index (χ3v) is 6.19. The van der Waals surface area contributed by atoms with Crippen molar-refractivity contribution in [3.8, 4) is 5.69 Å². The molecule has 0 radical (unpaired) electrons. The van der Waals surface area contributed by atoms with Gasteiger partial charge in [-0.05, 0) is 38.8 Å². The van der Waals surface area contributed by atoms with Crippen LogP contribution in [0.5, 0.6) is 0 Å². The third-order valence-electron chi connectivity index (χ3n) is 5.13. The molecule has 0 bridgehead atoms. The van der Waals surface area contributed by atoms with E-state index in [-0.39, 0.29) is 16.6 Å². The topological polar surface area (TPSA) is 77.6 Å². The number of hydrogen-bond donors (Lipinski definition) is 1. The van der Waals surface area contributed by atoms with Crippen LogP contribution in [0.3, 0.4) is 0 Å². The molecule has 1 N–H and O–H groups in total. The van der Waals surface area contributed by atoms with Crippen LogP contribution in [0.25, 0.3) is 5.69 Å². The number of thioether (sulfide) groups is 1. The Balaban J connectivity index is 1.56. The Hall–Kier alpha value is -2.61. The number of nitrogens with one attached hydrogen (secondary N) is 1. The quantitative estimate of drug-likeness (QED) is 0.589. The lowest BCUT2D eigenvalue weighted by atomic mass is 9.92. The Labute approximate surface area is 181 Å². The Kier molecular flexibility index (Phi) is 5.44. The van der Waals surface area contributed by atoms with Gasteiger partial charge < -0.3 is 9.88 Å². The zero-order chi connectivity index (χ0) is 21.5. The van der Waals surface area contributed by atoms with Crippen LogP contribution in [0.2, 0.25) is 0 Å². The standard InChI is InChI=1S/C22H28N6OS/c1-14(30-21-25-24-15(2)27(21)16-11-12-16)20(29)23-19-13-18(22(3,4)5)26-28(19)17-9-7-6-8-10-17/h6-10,13-14,16H,11-12H2,1-5H3,(H,23,29)/t14-/m1/s1. The number of hydrogen-bond acceptors (Lipinski definition) is 5. The highest BCUT2D eigenvalue weighted by Crippen LogP contribution is 2.39. The highest BCUT2D eigenvalue weighted by atomic mass is 32.2. The average Bonchev–Trinajstić information content (AvgIpc) is 3.33. The van der Waals surface area contributed by atoms with Gasteiger partial charge in [-0.15, -0.1) is 10.2 Å². The van der Waals surface area contributed by atoms with Crippen molar-refractivity contribution in [2.24, 2.45) is 0 Å². The fourth-order valence-electron chi connectivity index (χ4n) is 3.23. The van der Waals surface area contributed by atoms with Gasteiger partial charge >= 0.3 is 0 Å². The summed E-state index contributed by atoms with van der Waals surface area (Å²) in [6, 6.07) is 12.3. The molecule has 4 rings (SSSR count). The van der Waals surface area contributed by atoms with Crippen molar-refractivity contribution in [2.75, 3.05) is 5.32 Å². The SMILES string of the molecule is Cc1nnc(S[C@H](C)C(=O)Nc2cc(C(C)(C)C)nn2-c2ccccc2)n1C1CC1. The minimum atomic E-state index is -0.316. The first-order valence-electron chi connectivity index (χ1n) is 10.3. The van der Waals surface area contributed by atoms with E-state index in [2.05, 4.69) is 40.9 Å². The van der Waals surface area contributed by atoms with Gasteiger partial charge in [-0.2, -0.15) is 5.10 Å². The van der Waals surface area contributed by atoms with E-state index >= 15 is 0 Å². The maximum absolute atomic E-state index is 13.0.